The molecule has 0 aromatic heterocycles. The van der Waals surface area contributed by atoms with Crippen molar-refractivity contribution in [2.24, 2.45) is 0 Å². The Morgan fingerprint density at radius 3 is 2.50 bits per heavy atom. The molecule has 22 heavy (non-hydrogen) atoms. The molecule has 1 N–H and O–H groups in total. The lowest BCUT2D eigenvalue weighted by Gasteiger charge is -2.19. The van der Waals surface area contributed by atoms with Gasteiger partial charge in [0.1, 0.15) is 12.2 Å². The highest BCUT2D eigenvalue weighted by Crippen LogP contribution is 2.22. The molecule has 0 fully saturated rings. The Bertz CT molecular complexity index is 614. The van der Waals surface area contributed by atoms with Gasteiger partial charge in [0.05, 0.1) is 18.9 Å². The fourth-order valence-corrected chi connectivity index (χ4v) is 2.24. The first kappa shape index (κ1) is 15.9. The summed E-state index contributed by atoms with van der Waals surface area (Å²) in [7, 11) is 0. The van der Waals surface area contributed by atoms with Gasteiger partial charge in [-0.1, -0.05) is 30.3 Å². The summed E-state index contributed by atoms with van der Waals surface area (Å²) in [4.78, 5) is 3.31. The first-order valence-corrected chi connectivity index (χ1v) is 7.48. The van der Waals surface area contributed by atoms with E-state index in [-0.39, 0.29) is 0 Å². The second-order valence-corrected chi connectivity index (χ2v) is 4.77. The molecule has 0 saturated heterocycles. The van der Waals surface area contributed by atoms with Crippen LogP contribution in [0.4, 0.5) is 0 Å². The van der Waals surface area contributed by atoms with Crippen LogP contribution < -0.4 is 5.32 Å². The van der Waals surface area contributed by atoms with Crippen LogP contribution in [-0.2, 0) is 16.0 Å². The van der Waals surface area contributed by atoms with Gasteiger partial charge in [-0.15, -0.1) is 0 Å². The molecule has 0 bridgehead atoms. The molecule has 0 heterocycles. The van der Waals surface area contributed by atoms with Crippen LogP contribution in [0, 0.1) is 0 Å². The van der Waals surface area contributed by atoms with Crippen molar-refractivity contribution in [2.45, 2.75) is 26.8 Å². The molecule has 2 rings (SSSR count). The smallest absolute Gasteiger partial charge is 0.341 e. The van der Waals surface area contributed by atoms with Crippen LogP contribution in [0.2, 0.25) is 0 Å². The predicted molar refractivity (Wildman–Crippen MR) is 84.9 cm³/mol. The molecular weight excluding hydrogens is 278 g/mol. The molecule has 116 valence electrons. The molecule has 5 heteroatoms. The van der Waals surface area contributed by atoms with Crippen LogP contribution in [-0.4, -0.2) is 23.7 Å². The number of allylic oxidation sites excluding steroid dienone is 3. The molecule has 0 aliphatic heterocycles. The third-order valence-electron chi connectivity index (χ3n) is 3.25. The highest BCUT2D eigenvalue weighted by Gasteiger charge is 2.27. The Hall–Kier alpha value is -2.52. The fourth-order valence-electron chi connectivity index (χ4n) is 2.24. The van der Waals surface area contributed by atoms with E-state index in [1.165, 1.54) is 5.56 Å². The van der Waals surface area contributed by atoms with Gasteiger partial charge in [-0.3, -0.25) is 0 Å². The topological polar surface area (TPSA) is 66.9 Å². The van der Waals surface area contributed by atoms with Crippen molar-refractivity contribution in [2.75, 3.05) is 13.2 Å². The zero-order chi connectivity index (χ0) is 15.8. The van der Waals surface area contributed by atoms with E-state index in [0.29, 0.717) is 37.7 Å². The van der Waals surface area contributed by atoms with Crippen molar-refractivity contribution in [3.63, 3.8) is 0 Å². The molecule has 0 amide bonds. The molecule has 0 spiro atoms. The molecule has 1 aliphatic rings. The van der Waals surface area contributed by atoms with Gasteiger partial charge >= 0.3 is 5.71 Å². The van der Waals surface area contributed by atoms with Gasteiger partial charge in [0, 0.05) is 12.6 Å². The third-order valence-corrected chi connectivity index (χ3v) is 3.25. The molecule has 1 aliphatic carbocycles. The lowest BCUT2D eigenvalue weighted by atomic mass is 10.1. The zero-order valence-corrected chi connectivity index (χ0v) is 13.0. The summed E-state index contributed by atoms with van der Waals surface area (Å²) in [6.07, 6.45) is 2.24. The molecular formula is C17H21N3O2. The van der Waals surface area contributed by atoms with E-state index in [4.69, 9.17) is 15.0 Å². The quantitative estimate of drug-likeness (QED) is 0.621. The second kappa shape index (κ2) is 8.05. The Morgan fingerprint density at radius 1 is 1.14 bits per heavy atom. The number of hydrogen-bond donors (Lipinski definition) is 1. The number of rotatable bonds is 7. The van der Waals surface area contributed by atoms with E-state index in [2.05, 4.69) is 22.2 Å². The number of nitrogens with one attached hydrogen (secondary N) is 1. The van der Waals surface area contributed by atoms with Crippen LogP contribution in [0.25, 0.3) is 5.53 Å². The molecule has 0 unspecified atom stereocenters. The average molecular weight is 299 g/mol. The van der Waals surface area contributed by atoms with Crippen molar-refractivity contribution < 1.29 is 14.3 Å². The third kappa shape index (κ3) is 3.99. The summed E-state index contributed by atoms with van der Waals surface area (Å²) >= 11 is 0. The van der Waals surface area contributed by atoms with Crippen molar-refractivity contribution >= 4 is 5.71 Å². The minimum atomic E-state index is 0.410. The lowest BCUT2D eigenvalue weighted by molar-refractivity contribution is -0.0135. The van der Waals surface area contributed by atoms with Crippen molar-refractivity contribution in [1.29, 1.82) is 0 Å². The maximum Gasteiger partial charge on any atom is 0.341 e. The van der Waals surface area contributed by atoms with Crippen molar-refractivity contribution in [3.05, 3.63) is 64.7 Å². The second-order valence-electron chi connectivity index (χ2n) is 4.77. The van der Waals surface area contributed by atoms with E-state index in [9.17, 15) is 0 Å². The number of benzene rings is 1. The fraction of sp³-hybridized carbons (Fsp3) is 0.353. The van der Waals surface area contributed by atoms with Gasteiger partial charge in [-0.05, 0) is 19.4 Å². The van der Waals surface area contributed by atoms with Crippen molar-refractivity contribution in [3.8, 4) is 0 Å². The number of nitrogens with zero attached hydrogens (tertiary/aromatic N) is 2. The van der Waals surface area contributed by atoms with E-state index >= 15 is 0 Å². The summed E-state index contributed by atoms with van der Waals surface area (Å²) in [6, 6.07) is 10.1. The monoisotopic (exact) mass is 299 g/mol. The normalized spacial score (nSPS) is 14.3. The summed E-state index contributed by atoms with van der Waals surface area (Å²) < 4.78 is 11.2. The molecule has 0 atom stereocenters. The van der Waals surface area contributed by atoms with E-state index < -0.39 is 0 Å². The van der Waals surface area contributed by atoms with Gasteiger partial charge in [0.15, 0.2) is 0 Å². The summed E-state index contributed by atoms with van der Waals surface area (Å²) in [5.74, 6) is 1.33. The van der Waals surface area contributed by atoms with Gasteiger partial charge in [-0.25, -0.2) is 0 Å². The Kier molecular flexibility index (Phi) is 5.81. The Balaban J connectivity index is 2.21. The Labute approximate surface area is 130 Å². The predicted octanol–water partition coefficient (Wildman–Crippen LogP) is 3.02. The van der Waals surface area contributed by atoms with Crippen LogP contribution >= 0.6 is 0 Å². The SMILES string of the molecule is CCOC1=CC(NCc2ccccc2)=C(OCC)CC1=[N+]=[N-]. The highest BCUT2D eigenvalue weighted by atomic mass is 16.5. The maximum atomic E-state index is 9.14. The van der Waals surface area contributed by atoms with Gasteiger partial charge in [-0.2, -0.15) is 4.79 Å². The zero-order valence-electron chi connectivity index (χ0n) is 13.0. The van der Waals surface area contributed by atoms with E-state index in [1.807, 2.05) is 38.1 Å². The standard InChI is InChI=1S/C17H21N3O2/c1-3-21-16-11-15(20-18)17(22-4-2)10-14(16)19-12-13-8-6-5-7-9-13/h5-10,19H,3-4,11-12H2,1-2H3. The lowest BCUT2D eigenvalue weighted by Crippen LogP contribution is -2.23. The number of hydrogen-bond acceptors (Lipinski definition) is 3. The molecule has 1 aromatic carbocycles. The molecule has 0 radical (unpaired) electrons. The first-order valence-electron chi connectivity index (χ1n) is 7.48. The van der Waals surface area contributed by atoms with Crippen LogP contribution in [0.15, 0.2) is 53.6 Å². The van der Waals surface area contributed by atoms with Gasteiger partial charge in [0.2, 0.25) is 5.76 Å². The van der Waals surface area contributed by atoms with Gasteiger partial charge in [0.25, 0.3) is 0 Å². The van der Waals surface area contributed by atoms with Gasteiger partial charge < -0.3 is 20.3 Å². The summed E-state index contributed by atoms with van der Waals surface area (Å²) in [6.45, 7) is 5.59. The first-order chi connectivity index (χ1) is 10.8. The maximum absolute atomic E-state index is 9.14. The largest absolute Gasteiger partial charge is 0.495 e. The average Bonchev–Trinajstić information content (AvgIpc) is 2.56. The van der Waals surface area contributed by atoms with E-state index in [0.717, 1.165) is 11.5 Å². The summed E-state index contributed by atoms with van der Waals surface area (Å²) in [5, 5.41) is 3.37. The Morgan fingerprint density at radius 2 is 1.86 bits per heavy atom. The van der Waals surface area contributed by atoms with Crippen LogP contribution in [0.3, 0.4) is 0 Å². The van der Waals surface area contributed by atoms with Crippen LogP contribution in [0.1, 0.15) is 25.8 Å². The van der Waals surface area contributed by atoms with Crippen LogP contribution in [0.5, 0.6) is 0 Å². The molecule has 5 nitrogen and oxygen atoms in total. The number of ether oxygens (including phenoxy) is 2. The minimum Gasteiger partial charge on any atom is -0.495 e. The molecule has 1 aromatic rings. The highest BCUT2D eigenvalue weighted by molar-refractivity contribution is 5.97. The summed E-state index contributed by atoms with van der Waals surface area (Å²) in [5.41, 5.74) is 11.7. The molecule has 0 saturated carbocycles. The minimum absolute atomic E-state index is 0.410. The van der Waals surface area contributed by atoms with Crippen molar-refractivity contribution in [1.82, 2.24) is 5.32 Å². The van der Waals surface area contributed by atoms with E-state index in [1.54, 1.807) is 0 Å².